The van der Waals surface area contributed by atoms with Gasteiger partial charge >= 0.3 is 6.03 Å². The number of hydrogen-bond donors (Lipinski definition) is 2. The number of carbonyl (C=O) groups is 1. The summed E-state index contributed by atoms with van der Waals surface area (Å²) in [5.41, 5.74) is 0.947. The number of rotatable bonds is 7. The molecule has 1 aromatic heterocycles. The molecule has 0 aliphatic carbocycles. The summed E-state index contributed by atoms with van der Waals surface area (Å²) < 4.78 is 19.0. The molecule has 2 N–H and O–H groups in total. The predicted molar refractivity (Wildman–Crippen MR) is 87.0 cm³/mol. The maximum Gasteiger partial charge on any atom is 0.315 e. The summed E-state index contributed by atoms with van der Waals surface area (Å²) in [4.78, 5) is 17.7. The normalized spacial score (nSPS) is 17.1. The highest BCUT2D eigenvalue weighted by Gasteiger charge is 2.26. The largest absolute Gasteiger partial charge is 0.375 e. The second-order valence-corrected chi connectivity index (χ2v) is 5.65. The number of aromatic nitrogens is 1. The van der Waals surface area contributed by atoms with Crippen LogP contribution < -0.4 is 15.5 Å². The van der Waals surface area contributed by atoms with Gasteiger partial charge in [0.05, 0.1) is 13.2 Å². The fourth-order valence-corrected chi connectivity index (χ4v) is 2.40. The summed E-state index contributed by atoms with van der Waals surface area (Å²) in [6.07, 6.45) is 2.33. The van der Waals surface area contributed by atoms with E-state index in [0.29, 0.717) is 38.7 Å². The molecule has 2 heterocycles. The van der Waals surface area contributed by atoms with Crippen molar-refractivity contribution in [2.45, 2.75) is 19.4 Å². The van der Waals surface area contributed by atoms with E-state index < -0.39 is 0 Å². The van der Waals surface area contributed by atoms with E-state index in [1.165, 1.54) is 6.07 Å². The molecule has 1 aliphatic heterocycles. The van der Waals surface area contributed by atoms with Crippen molar-refractivity contribution in [1.82, 2.24) is 15.6 Å². The lowest BCUT2D eigenvalue weighted by atomic mass is 10.3. The van der Waals surface area contributed by atoms with Crippen LogP contribution in [-0.4, -0.2) is 49.9 Å². The van der Waals surface area contributed by atoms with Gasteiger partial charge in [-0.25, -0.2) is 14.2 Å². The summed E-state index contributed by atoms with van der Waals surface area (Å²) >= 11 is 0. The number of anilines is 1. The zero-order valence-corrected chi connectivity index (χ0v) is 13.3. The number of nitrogens with zero attached hydrogens (tertiary/aromatic N) is 2. The van der Waals surface area contributed by atoms with Crippen LogP contribution in [0.4, 0.5) is 15.0 Å². The molecule has 0 spiro atoms. The molecular weight excluding hydrogens is 299 g/mol. The van der Waals surface area contributed by atoms with Gasteiger partial charge in [0, 0.05) is 31.9 Å². The molecule has 6 nitrogen and oxygen atoms in total. The van der Waals surface area contributed by atoms with Gasteiger partial charge in [-0.2, -0.15) is 0 Å². The van der Waals surface area contributed by atoms with Gasteiger partial charge in [-0.1, -0.05) is 12.2 Å². The molecule has 126 valence electrons. The lowest BCUT2D eigenvalue weighted by Gasteiger charge is -2.18. The fraction of sp³-hybridized carbons (Fsp3) is 0.500. The standard InChI is InChI=1S/C16H23FN4O2/c1-12(2)11-23-9-7-19-16(22)20-13-5-8-21(10-13)15-14(17)4-3-6-18-15/h3-4,6,13H,1,5,7-11H2,2H3,(H2,19,20,22)/t13-/m0/s1. The Labute approximate surface area is 135 Å². The molecule has 0 unspecified atom stereocenters. The Morgan fingerprint density at radius 2 is 2.43 bits per heavy atom. The Morgan fingerprint density at radius 3 is 3.17 bits per heavy atom. The van der Waals surface area contributed by atoms with E-state index in [-0.39, 0.29) is 17.9 Å². The minimum Gasteiger partial charge on any atom is -0.375 e. The van der Waals surface area contributed by atoms with Gasteiger partial charge in [-0.15, -0.1) is 0 Å². The van der Waals surface area contributed by atoms with Crippen LogP contribution in [0.2, 0.25) is 0 Å². The maximum absolute atomic E-state index is 13.7. The molecule has 0 bridgehead atoms. The first kappa shape index (κ1) is 17.2. The number of pyridine rings is 1. The second kappa shape index (κ2) is 8.47. The summed E-state index contributed by atoms with van der Waals surface area (Å²) in [6, 6.07) is 2.69. The zero-order valence-electron chi connectivity index (χ0n) is 13.3. The van der Waals surface area contributed by atoms with Gasteiger partial charge < -0.3 is 20.3 Å². The average Bonchev–Trinajstić information content (AvgIpc) is 2.95. The van der Waals surface area contributed by atoms with Gasteiger partial charge in [0.2, 0.25) is 0 Å². The number of ether oxygens (including phenoxy) is 1. The molecule has 0 aromatic carbocycles. The van der Waals surface area contributed by atoms with Crippen molar-refractivity contribution in [2.75, 3.05) is 37.7 Å². The zero-order chi connectivity index (χ0) is 16.7. The molecule has 1 atom stereocenters. The van der Waals surface area contributed by atoms with Crippen LogP contribution in [0, 0.1) is 5.82 Å². The summed E-state index contributed by atoms with van der Waals surface area (Å²) in [6.45, 7) is 8.21. The molecule has 0 saturated carbocycles. The first-order valence-electron chi connectivity index (χ1n) is 7.68. The summed E-state index contributed by atoms with van der Waals surface area (Å²) in [7, 11) is 0. The van der Waals surface area contributed by atoms with E-state index in [4.69, 9.17) is 4.74 Å². The molecule has 1 saturated heterocycles. The molecule has 1 aliphatic rings. The van der Waals surface area contributed by atoms with Gasteiger partial charge in [-0.05, 0) is 25.5 Å². The minimum atomic E-state index is -0.340. The summed E-state index contributed by atoms with van der Waals surface area (Å²) in [5.74, 6) is -0.00216. The van der Waals surface area contributed by atoms with Gasteiger partial charge in [0.1, 0.15) is 0 Å². The van der Waals surface area contributed by atoms with Crippen molar-refractivity contribution < 1.29 is 13.9 Å². The van der Waals surface area contributed by atoms with Crippen LogP contribution in [0.1, 0.15) is 13.3 Å². The van der Waals surface area contributed by atoms with Crippen molar-refractivity contribution in [3.63, 3.8) is 0 Å². The van der Waals surface area contributed by atoms with E-state index in [9.17, 15) is 9.18 Å². The number of hydrogen-bond acceptors (Lipinski definition) is 4. The van der Waals surface area contributed by atoms with Crippen molar-refractivity contribution >= 4 is 11.8 Å². The van der Waals surface area contributed by atoms with Gasteiger partial charge in [-0.3, -0.25) is 0 Å². The SMILES string of the molecule is C=C(C)COCCNC(=O)N[C@H]1CCN(c2ncccc2F)C1. The van der Waals surface area contributed by atoms with Crippen molar-refractivity contribution in [3.05, 3.63) is 36.3 Å². The van der Waals surface area contributed by atoms with Crippen molar-refractivity contribution in [2.24, 2.45) is 0 Å². The number of nitrogens with one attached hydrogen (secondary N) is 2. The van der Waals surface area contributed by atoms with E-state index in [1.54, 1.807) is 12.3 Å². The molecule has 23 heavy (non-hydrogen) atoms. The first-order valence-corrected chi connectivity index (χ1v) is 7.68. The average molecular weight is 322 g/mol. The van der Waals surface area contributed by atoms with E-state index >= 15 is 0 Å². The van der Waals surface area contributed by atoms with Crippen LogP contribution in [0.25, 0.3) is 0 Å². The second-order valence-electron chi connectivity index (χ2n) is 5.65. The van der Waals surface area contributed by atoms with E-state index in [0.717, 1.165) is 12.0 Å². The highest BCUT2D eigenvalue weighted by molar-refractivity contribution is 5.74. The number of urea groups is 1. The molecule has 0 radical (unpaired) electrons. The Balaban J connectivity index is 1.68. The third-order valence-electron chi connectivity index (χ3n) is 3.44. The third kappa shape index (κ3) is 5.52. The Morgan fingerprint density at radius 1 is 1.61 bits per heavy atom. The Bertz CT molecular complexity index is 553. The summed E-state index contributed by atoms with van der Waals surface area (Å²) in [5, 5.41) is 5.62. The lowest BCUT2D eigenvalue weighted by molar-refractivity contribution is 0.157. The van der Waals surface area contributed by atoms with Gasteiger partial charge in [0.15, 0.2) is 11.6 Å². The van der Waals surface area contributed by atoms with E-state index in [2.05, 4.69) is 22.2 Å². The molecule has 7 heteroatoms. The first-order chi connectivity index (χ1) is 11.1. The Kier molecular flexibility index (Phi) is 6.34. The highest BCUT2D eigenvalue weighted by atomic mass is 19.1. The number of halogens is 1. The lowest BCUT2D eigenvalue weighted by Crippen LogP contribution is -2.44. The van der Waals surface area contributed by atoms with Gasteiger partial charge in [0.25, 0.3) is 0 Å². The van der Waals surface area contributed by atoms with E-state index in [1.807, 2.05) is 11.8 Å². The third-order valence-corrected chi connectivity index (χ3v) is 3.44. The highest BCUT2D eigenvalue weighted by Crippen LogP contribution is 2.20. The molecule has 2 rings (SSSR count). The smallest absolute Gasteiger partial charge is 0.315 e. The molecular formula is C16H23FN4O2. The van der Waals surface area contributed by atoms with Crippen molar-refractivity contribution in [1.29, 1.82) is 0 Å². The molecule has 1 fully saturated rings. The van der Waals surface area contributed by atoms with Crippen LogP contribution in [0.3, 0.4) is 0 Å². The predicted octanol–water partition coefficient (Wildman–Crippen LogP) is 1.69. The minimum absolute atomic E-state index is 0.0206. The number of amides is 2. The monoisotopic (exact) mass is 322 g/mol. The van der Waals surface area contributed by atoms with Crippen LogP contribution >= 0.6 is 0 Å². The fourth-order valence-electron chi connectivity index (χ4n) is 2.40. The number of carbonyl (C=O) groups excluding carboxylic acids is 1. The quantitative estimate of drug-likeness (QED) is 0.592. The molecule has 1 aromatic rings. The van der Waals surface area contributed by atoms with Crippen molar-refractivity contribution in [3.8, 4) is 0 Å². The molecule has 2 amide bonds. The maximum atomic E-state index is 13.7. The van der Waals surface area contributed by atoms with Crippen LogP contribution in [0.15, 0.2) is 30.5 Å². The Hall–Kier alpha value is -2.15. The van der Waals surface area contributed by atoms with Crippen LogP contribution in [0.5, 0.6) is 0 Å². The van der Waals surface area contributed by atoms with Crippen LogP contribution in [-0.2, 0) is 4.74 Å². The topological polar surface area (TPSA) is 66.5 Å².